The Bertz CT molecular complexity index is 527. The maximum absolute atomic E-state index is 11.4. The molecule has 0 aliphatic carbocycles. The third-order valence-corrected chi connectivity index (χ3v) is 3.08. The molecule has 1 aromatic carbocycles. The van der Waals surface area contributed by atoms with E-state index >= 15 is 0 Å². The van der Waals surface area contributed by atoms with E-state index in [0.717, 1.165) is 11.1 Å². The highest BCUT2D eigenvalue weighted by Crippen LogP contribution is 2.29. The number of amides is 1. The molecule has 15 heavy (non-hydrogen) atoms. The first kappa shape index (κ1) is 9.93. The zero-order chi connectivity index (χ0) is 10.8. The van der Waals surface area contributed by atoms with Crippen molar-refractivity contribution in [1.82, 2.24) is 0 Å². The van der Waals surface area contributed by atoms with Crippen LogP contribution in [0.1, 0.15) is 6.92 Å². The Balaban J connectivity index is 2.37. The van der Waals surface area contributed by atoms with Gasteiger partial charge in [0.15, 0.2) is 0 Å². The van der Waals surface area contributed by atoms with Gasteiger partial charge >= 0.3 is 0 Å². The SMILES string of the molecule is C=C(C)C(=O)Nc1csc2ccccc12. The van der Waals surface area contributed by atoms with Crippen molar-refractivity contribution < 1.29 is 4.79 Å². The minimum absolute atomic E-state index is 0.126. The van der Waals surface area contributed by atoms with Gasteiger partial charge in [0.1, 0.15) is 0 Å². The number of benzene rings is 1. The molecule has 2 aromatic rings. The summed E-state index contributed by atoms with van der Waals surface area (Å²) in [5.41, 5.74) is 1.38. The lowest BCUT2D eigenvalue weighted by Gasteiger charge is -2.02. The first-order chi connectivity index (χ1) is 7.18. The number of carbonyl (C=O) groups excluding carboxylic acids is 1. The number of anilines is 1. The molecule has 0 saturated heterocycles. The van der Waals surface area contributed by atoms with Crippen molar-refractivity contribution in [3.05, 3.63) is 41.8 Å². The Kier molecular flexibility index (Phi) is 2.56. The highest BCUT2D eigenvalue weighted by atomic mass is 32.1. The van der Waals surface area contributed by atoms with E-state index < -0.39 is 0 Å². The van der Waals surface area contributed by atoms with E-state index in [1.807, 2.05) is 29.6 Å². The number of hydrogen-bond acceptors (Lipinski definition) is 2. The number of nitrogens with one attached hydrogen (secondary N) is 1. The molecule has 2 rings (SSSR count). The fourth-order valence-corrected chi connectivity index (χ4v) is 2.20. The summed E-state index contributed by atoms with van der Waals surface area (Å²) in [6, 6.07) is 7.99. The summed E-state index contributed by atoms with van der Waals surface area (Å²) in [4.78, 5) is 11.4. The summed E-state index contributed by atoms with van der Waals surface area (Å²) in [6.45, 7) is 5.31. The van der Waals surface area contributed by atoms with Gasteiger partial charge in [0, 0.05) is 21.0 Å². The highest BCUT2D eigenvalue weighted by Gasteiger charge is 2.07. The molecule has 3 heteroatoms. The molecule has 0 fully saturated rings. The van der Waals surface area contributed by atoms with E-state index in [4.69, 9.17) is 0 Å². The molecular formula is C12H11NOS. The van der Waals surface area contributed by atoms with Crippen LogP contribution in [0.3, 0.4) is 0 Å². The Morgan fingerprint density at radius 1 is 1.40 bits per heavy atom. The summed E-state index contributed by atoms with van der Waals surface area (Å²) >= 11 is 1.62. The molecule has 0 atom stereocenters. The molecule has 1 amide bonds. The summed E-state index contributed by atoms with van der Waals surface area (Å²) in [6.07, 6.45) is 0. The molecule has 2 nitrogen and oxygen atoms in total. The second-order valence-corrected chi connectivity index (χ2v) is 4.29. The fourth-order valence-electron chi connectivity index (χ4n) is 1.30. The quantitative estimate of drug-likeness (QED) is 0.767. The average Bonchev–Trinajstić information content (AvgIpc) is 2.62. The Morgan fingerprint density at radius 3 is 2.87 bits per heavy atom. The van der Waals surface area contributed by atoms with Gasteiger partial charge in [0.05, 0.1) is 5.69 Å². The van der Waals surface area contributed by atoms with Crippen LogP contribution in [0.2, 0.25) is 0 Å². The first-order valence-electron chi connectivity index (χ1n) is 4.61. The zero-order valence-corrected chi connectivity index (χ0v) is 9.23. The predicted molar refractivity (Wildman–Crippen MR) is 65.3 cm³/mol. The maximum Gasteiger partial charge on any atom is 0.250 e. The van der Waals surface area contributed by atoms with E-state index in [-0.39, 0.29) is 5.91 Å². The summed E-state index contributed by atoms with van der Waals surface area (Å²) in [7, 11) is 0. The molecule has 0 spiro atoms. The number of rotatable bonds is 2. The van der Waals surface area contributed by atoms with Gasteiger partial charge in [-0.05, 0) is 13.0 Å². The van der Waals surface area contributed by atoms with Gasteiger partial charge in [0.25, 0.3) is 5.91 Å². The predicted octanol–water partition coefficient (Wildman–Crippen LogP) is 3.42. The van der Waals surface area contributed by atoms with Crippen LogP contribution < -0.4 is 5.32 Å². The third kappa shape index (κ3) is 1.92. The standard InChI is InChI=1S/C12H11NOS/c1-8(2)12(14)13-10-7-15-11-6-4-3-5-9(10)11/h3-7H,1H2,2H3,(H,13,14). The van der Waals surface area contributed by atoms with Crippen molar-refractivity contribution in [2.24, 2.45) is 0 Å². The molecule has 0 bridgehead atoms. The normalized spacial score (nSPS) is 10.2. The number of thiophene rings is 1. The van der Waals surface area contributed by atoms with Crippen molar-refractivity contribution in [2.75, 3.05) is 5.32 Å². The second-order valence-electron chi connectivity index (χ2n) is 3.38. The van der Waals surface area contributed by atoms with Crippen molar-refractivity contribution in [1.29, 1.82) is 0 Å². The summed E-state index contributed by atoms with van der Waals surface area (Å²) < 4.78 is 1.18. The third-order valence-electron chi connectivity index (χ3n) is 2.12. The summed E-state index contributed by atoms with van der Waals surface area (Å²) in [5.74, 6) is -0.126. The topological polar surface area (TPSA) is 29.1 Å². The zero-order valence-electron chi connectivity index (χ0n) is 8.41. The minimum Gasteiger partial charge on any atom is -0.321 e. The number of fused-ring (bicyclic) bond motifs is 1. The number of hydrogen-bond donors (Lipinski definition) is 1. The van der Waals surface area contributed by atoms with Gasteiger partial charge in [0.2, 0.25) is 0 Å². The van der Waals surface area contributed by atoms with Crippen LogP contribution in [0.25, 0.3) is 10.1 Å². The smallest absolute Gasteiger partial charge is 0.250 e. The van der Waals surface area contributed by atoms with E-state index in [9.17, 15) is 4.79 Å². The lowest BCUT2D eigenvalue weighted by Crippen LogP contribution is -2.11. The van der Waals surface area contributed by atoms with Gasteiger partial charge in [-0.25, -0.2) is 0 Å². The van der Waals surface area contributed by atoms with Crippen molar-refractivity contribution >= 4 is 33.0 Å². The van der Waals surface area contributed by atoms with Gasteiger partial charge in [-0.15, -0.1) is 11.3 Å². The second kappa shape index (κ2) is 3.87. The van der Waals surface area contributed by atoms with E-state index in [1.54, 1.807) is 18.3 Å². The highest BCUT2D eigenvalue weighted by molar-refractivity contribution is 7.17. The van der Waals surface area contributed by atoms with Crippen LogP contribution in [-0.4, -0.2) is 5.91 Å². The molecular weight excluding hydrogens is 206 g/mol. The molecule has 0 aliphatic heterocycles. The Labute approximate surface area is 92.2 Å². The van der Waals surface area contributed by atoms with Crippen LogP contribution in [0, 0.1) is 0 Å². The van der Waals surface area contributed by atoms with E-state index in [0.29, 0.717) is 5.57 Å². The monoisotopic (exact) mass is 217 g/mol. The van der Waals surface area contributed by atoms with E-state index in [2.05, 4.69) is 11.9 Å². The van der Waals surface area contributed by atoms with Gasteiger partial charge in [-0.3, -0.25) is 4.79 Å². The summed E-state index contributed by atoms with van der Waals surface area (Å²) in [5, 5.41) is 5.87. The lowest BCUT2D eigenvalue weighted by atomic mass is 10.2. The minimum atomic E-state index is -0.126. The van der Waals surface area contributed by atoms with Crippen molar-refractivity contribution in [2.45, 2.75) is 6.92 Å². The lowest BCUT2D eigenvalue weighted by molar-refractivity contribution is -0.112. The van der Waals surface area contributed by atoms with Crippen LogP contribution in [-0.2, 0) is 4.79 Å². The van der Waals surface area contributed by atoms with Crippen LogP contribution in [0.5, 0.6) is 0 Å². The molecule has 0 saturated carbocycles. The van der Waals surface area contributed by atoms with Crippen molar-refractivity contribution in [3.63, 3.8) is 0 Å². The molecule has 1 heterocycles. The number of carbonyl (C=O) groups is 1. The average molecular weight is 217 g/mol. The van der Waals surface area contributed by atoms with Gasteiger partial charge in [-0.2, -0.15) is 0 Å². The Hall–Kier alpha value is -1.61. The molecule has 0 unspecified atom stereocenters. The maximum atomic E-state index is 11.4. The van der Waals surface area contributed by atoms with Gasteiger partial charge in [-0.1, -0.05) is 24.8 Å². The first-order valence-corrected chi connectivity index (χ1v) is 5.49. The van der Waals surface area contributed by atoms with Crippen LogP contribution in [0.4, 0.5) is 5.69 Å². The van der Waals surface area contributed by atoms with Crippen LogP contribution >= 0.6 is 11.3 Å². The Morgan fingerprint density at radius 2 is 2.13 bits per heavy atom. The molecule has 0 radical (unpaired) electrons. The van der Waals surface area contributed by atoms with E-state index in [1.165, 1.54) is 4.70 Å². The molecule has 0 aliphatic rings. The molecule has 1 N–H and O–H groups in total. The van der Waals surface area contributed by atoms with Crippen molar-refractivity contribution in [3.8, 4) is 0 Å². The largest absolute Gasteiger partial charge is 0.321 e. The fraction of sp³-hybridized carbons (Fsp3) is 0.0833. The molecule has 76 valence electrons. The van der Waals surface area contributed by atoms with Crippen LogP contribution in [0.15, 0.2) is 41.8 Å². The molecule has 1 aromatic heterocycles. The van der Waals surface area contributed by atoms with Gasteiger partial charge < -0.3 is 5.32 Å².